The normalized spacial score (nSPS) is 16.8. The first kappa shape index (κ1) is 16.5. The largest absolute Gasteiger partial charge is 0.490 e. The zero-order valence-corrected chi connectivity index (χ0v) is 13.3. The molecule has 1 aliphatic heterocycles. The minimum absolute atomic E-state index is 0.0975. The fourth-order valence-corrected chi connectivity index (χ4v) is 2.62. The van der Waals surface area contributed by atoms with E-state index in [2.05, 4.69) is 5.32 Å². The van der Waals surface area contributed by atoms with Crippen molar-refractivity contribution in [1.29, 1.82) is 0 Å². The number of nitrogens with one attached hydrogen (secondary N) is 1. The highest BCUT2D eigenvalue weighted by Gasteiger charge is 2.18. The van der Waals surface area contributed by atoms with Crippen LogP contribution in [0.15, 0.2) is 48.5 Å². The number of hydrogen-bond acceptors (Lipinski definition) is 3. The van der Waals surface area contributed by atoms with Crippen LogP contribution in [0.3, 0.4) is 0 Å². The summed E-state index contributed by atoms with van der Waals surface area (Å²) in [4.78, 5) is 12.4. The van der Waals surface area contributed by atoms with Gasteiger partial charge in [0.2, 0.25) is 0 Å². The quantitative estimate of drug-likeness (QED) is 0.884. The monoisotopic (exact) mass is 329 g/mol. The number of ether oxygens (including phenoxy) is 2. The van der Waals surface area contributed by atoms with Crippen molar-refractivity contribution in [3.63, 3.8) is 0 Å². The summed E-state index contributed by atoms with van der Waals surface area (Å²) >= 11 is 0. The maximum Gasteiger partial charge on any atom is 0.255 e. The third kappa shape index (κ3) is 4.32. The Hall–Kier alpha value is -2.40. The molecule has 0 aliphatic carbocycles. The van der Waals surface area contributed by atoms with Crippen molar-refractivity contribution in [2.24, 2.45) is 0 Å². The van der Waals surface area contributed by atoms with Crippen LogP contribution in [0.5, 0.6) is 5.75 Å². The van der Waals surface area contributed by atoms with Gasteiger partial charge in [0.05, 0.1) is 11.7 Å². The molecule has 0 unspecified atom stereocenters. The molecule has 2 aromatic carbocycles. The van der Waals surface area contributed by atoms with Gasteiger partial charge in [0.1, 0.15) is 18.2 Å². The Kier molecular flexibility index (Phi) is 5.43. The Bertz CT molecular complexity index is 681. The van der Waals surface area contributed by atoms with Gasteiger partial charge in [0.15, 0.2) is 0 Å². The summed E-state index contributed by atoms with van der Waals surface area (Å²) in [6.07, 6.45) is 2.13. The number of rotatable bonds is 6. The molecule has 24 heavy (non-hydrogen) atoms. The lowest BCUT2D eigenvalue weighted by Crippen LogP contribution is -2.24. The molecule has 5 heteroatoms. The van der Waals surface area contributed by atoms with E-state index in [1.807, 2.05) is 6.07 Å². The molecule has 0 aromatic heterocycles. The van der Waals surface area contributed by atoms with Gasteiger partial charge >= 0.3 is 0 Å². The molecule has 1 fully saturated rings. The number of halogens is 1. The minimum atomic E-state index is -0.294. The Labute approximate surface area is 140 Å². The van der Waals surface area contributed by atoms with Gasteiger partial charge in [0.25, 0.3) is 5.91 Å². The van der Waals surface area contributed by atoms with Crippen LogP contribution in [0, 0.1) is 5.82 Å². The number of carbonyl (C=O) groups is 1. The SMILES string of the molecule is O=C(NCc1ccc(F)cc1)c1ccccc1OC[C@H]1CCCO1. The zero-order chi connectivity index (χ0) is 16.8. The lowest BCUT2D eigenvalue weighted by Gasteiger charge is -2.14. The van der Waals surface area contributed by atoms with Gasteiger partial charge < -0.3 is 14.8 Å². The highest BCUT2D eigenvalue weighted by molar-refractivity contribution is 5.96. The number of amides is 1. The predicted octanol–water partition coefficient (Wildman–Crippen LogP) is 3.31. The highest BCUT2D eigenvalue weighted by atomic mass is 19.1. The molecule has 2 aromatic rings. The summed E-state index contributed by atoms with van der Waals surface area (Å²) in [6.45, 7) is 1.55. The molecule has 3 rings (SSSR count). The fourth-order valence-electron chi connectivity index (χ4n) is 2.62. The molecule has 0 saturated carbocycles. The molecule has 1 N–H and O–H groups in total. The van der Waals surface area contributed by atoms with E-state index in [-0.39, 0.29) is 17.8 Å². The second-order valence-corrected chi connectivity index (χ2v) is 5.75. The molecular weight excluding hydrogens is 309 g/mol. The summed E-state index contributed by atoms with van der Waals surface area (Å²) < 4.78 is 24.2. The van der Waals surface area contributed by atoms with Crippen molar-refractivity contribution < 1.29 is 18.7 Å². The average Bonchev–Trinajstić information content (AvgIpc) is 3.13. The van der Waals surface area contributed by atoms with Crippen molar-refractivity contribution >= 4 is 5.91 Å². The van der Waals surface area contributed by atoms with Crippen molar-refractivity contribution in [3.05, 3.63) is 65.5 Å². The molecule has 1 amide bonds. The van der Waals surface area contributed by atoms with Gasteiger partial charge in [-0.2, -0.15) is 0 Å². The molecule has 0 bridgehead atoms. The van der Waals surface area contributed by atoms with Gasteiger partial charge in [-0.3, -0.25) is 4.79 Å². The van der Waals surface area contributed by atoms with Crippen LogP contribution in [0.1, 0.15) is 28.8 Å². The molecule has 0 spiro atoms. The van der Waals surface area contributed by atoms with Crippen LogP contribution in [0.4, 0.5) is 4.39 Å². The summed E-state index contributed by atoms with van der Waals surface area (Å²) in [6, 6.07) is 13.2. The predicted molar refractivity (Wildman–Crippen MR) is 88.5 cm³/mol. The van der Waals surface area contributed by atoms with Crippen LogP contribution < -0.4 is 10.1 Å². The number of para-hydroxylation sites is 1. The molecule has 1 heterocycles. The van der Waals surface area contributed by atoms with E-state index in [9.17, 15) is 9.18 Å². The topological polar surface area (TPSA) is 47.6 Å². The first-order valence-electron chi connectivity index (χ1n) is 8.08. The maximum atomic E-state index is 12.9. The number of carbonyl (C=O) groups excluding carboxylic acids is 1. The lowest BCUT2D eigenvalue weighted by molar-refractivity contribution is 0.0670. The smallest absolute Gasteiger partial charge is 0.255 e. The van der Waals surface area contributed by atoms with Crippen LogP contribution >= 0.6 is 0 Å². The van der Waals surface area contributed by atoms with Gasteiger partial charge in [-0.25, -0.2) is 4.39 Å². The first-order chi connectivity index (χ1) is 11.7. The fraction of sp³-hybridized carbons (Fsp3) is 0.316. The Morgan fingerprint density at radius 1 is 1.21 bits per heavy atom. The van der Waals surface area contributed by atoms with E-state index in [4.69, 9.17) is 9.47 Å². The summed E-state index contributed by atoms with van der Waals surface area (Å²) in [5.41, 5.74) is 1.32. The Balaban J connectivity index is 1.60. The molecule has 126 valence electrons. The van der Waals surface area contributed by atoms with Crippen LogP contribution in [0.2, 0.25) is 0 Å². The van der Waals surface area contributed by atoms with E-state index < -0.39 is 0 Å². The van der Waals surface area contributed by atoms with Crippen LogP contribution in [-0.4, -0.2) is 25.2 Å². The van der Waals surface area contributed by atoms with E-state index in [1.54, 1.807) is 30.3 Å². The van der Waals surface area contributed by atoms with Gasteiger partial charge in [-0.1, -0.05) is 24.3 Å². The van der Waals surface area contributed by atoms with E-state index in [1.165, 1.54) is 12.1 Å². The van der Waals surface area contributed by atoms with Crippen molar-refractivity contribution in [1.82, 2.24) is 5.32 Å². The second-order valence-electron chi connectivity index (χ2n) is 5.75. The second kappa shape index (κ2) is 7.93. The van der Waals surface area contributed by atoms with E-state index >= 15 is 0 Å². The molecule has 1 saturated heterocycles. The summed E-state index contributed by atoms with van der Waals surface area (Å²) in [7, 11) is 0. The number of benzene rings is 2. The third-order valence-corrected chi connectivity index (χ3v) is 3.95. The van der Waals surface area contributed by atoms with Crippen molar-refractivity contribution in [2.75, 3.05) is 13.2 Å². The van der Waals surface area contributed by atoms with Crippen molar-refractivity contribution in [3.8, 4) is 5.75 Å². The standard InChI is InChI=1S/C19H20FNO3/c20-15-9-7-14(8-10-15)12-21-19(22)17-5-1-2-6-18(17)24-13-16-4-3-11-23-16/h1-2,5-10,16H,3-4,11-13H2,(H,21,22)/t16-/m1/s1. The Morgan fingerprint density at radius 2 is 2.00 bits per heavy atom. The summed E-state index contributed by atoms with van der Waals surface area (Å²) in [5.74, 6) is 0.0322. The lowest BCUT2D eigenvalue weighted by atomic mass is 10.1. The van der Waals surface area contributed by atoms with Gasteiger partial charge in [-0.15, -0.1) is 0 Å². The molecule has 4 nitrogen and oxygen atoms in total. The van der Waals surface area contributed by atoms with Crippen LogP contribution in [-0.2, 0) is 11.3 Å². The molecule has 1 atom stereocenters. The van der Waals surface area contributed by atoms with Gasteiger partial charge in [0, 0.05) is 13.2 Å². The van der Waals surface area contributed by atoms with Crippen LogP contribution in [0.25, 0.3) is 0 Å². The molecule has 0 radical (unpaired) electrons. The molecule has 1 aliphatic rings. The highest BCUT2D eigenvalue weighted by Crippen LogP contribution is 2.20. The minimum Gasteiger partial charge on any atom is -0.490 e. The first-order valence-corrected chi connectivity index (χ1v) is 8.08. The molecular formula is C19H20FNO3. The summed E-state index contributed by atoms with van der Waals surface area (Å²) in [5, 5.41) is 2.83. The Morgan fingerprint density at radius 3 is 2.75 bits per heavy atom. The van der Waals surface area contributed by atoms with E-state index in [0.717, 1.165) is 25.0 Å². The van der Waals surface area contributed by atoms with E-state index in [0.29, 0.717) is 24.5 Å². The zero-order valence-electron chi connectivity index (χ0n) is 13.3. The number of hydrogen-bond donors (Lipinski definition) is 1. The third-order valence-electron chi connectivity index (χ3n) is 3.95. The van der Waals surface area contributed by atoms with Gasteiger partial charge in [-0.05, 0) is 42.7 Å². The maximum absolute atomic E-state index is 12.9. The van der Waals surface area contributed by atoms with Crippen molar-refractivity contribution in [2.45, 2.75) is 25.5 Å². The average molecular weight is 329 g/mol.